The van der Waals surface area contributed by atoms with Gasteiger partial charge in [-0.1, -0.05) is 6.92 Å². The number of amides is 1. The van der Waals surface area contributed by atoms with Gasteiger partial charge < -0.3 is 15.0 Å². The first-order chi connectivity index (χ1) is 7.69. The maximum absolute atomic E-state index is 11.7. The molecule has 1 amide bonds. The largest absolute Gasteiger partial charge is 0.369 e. The number of nitrogens with one attached hydrogen (secondary N) is 2. The topological polar surface area (TPSA) is 67.0 Å². The first-order valence-electron chi connectivity index (χ1n) is 5.60. The van der Waals surface area contributed by atoms with Gasteiger partial charge in [-0.05, 0) is 20.3 Å². The molecule has 0 aliphatic rings. The first-order valence-corrected chi connectivity index (χ1v) is 5.60. The van der Waals surface area contributed by atoms with Crippen molar-refractivity contribution in [1.29, 1.82) is 0 Å². The Morgan fingerprint density at radius 2 is 2.38 bits per heavy atom. The molecule has 1 aromatic rings. The summed E-state index contributed by atoms with van der Waals surface area (Å²) < 4.78 is 5.22. The number of hydrogen-bond donors (Lipinski definition) is 2. The highest BCUT2D eigenvalue weighted by Crippen LogP contribution is 2.11. The second-order valence-corrected chi connectivity index (χ2v) is 3.54. The zero-order chi connectivity index (χ0) is 12.0. The molecule has 1 rings (SSSR count). The maximum Gasteiger partial charge on any atom is 0.249 e. The number of H-pyrrole nitrogens is 1. The normalized spacial score (nSPS) is 14.4. The summed E-state index contributed by atoms with van der Waals surface area (Å²) in [5.41, 5.74) is 0. The highest BCUT2D eigenvalue weighted by molar-refractivity contribution is 5.80. The smallest absolute Gasteiger partial charge is 0.249 e. The quantitative estimate of drug-likeness (QED) is 0.769. The lowest BCUT2D eigenvalue weighted by Gasteiger charge is -2.18. The van der Waals surface area contributed by atoms with Crippen molar-refractivity contribution in [3.8, 4) is 0 Å². The molecule has 16 heavy (non-hydrogen) atoms. The number of ether oxygens (including phenoxy) is 1. The maximum atomic E-state index is 11.7. The molecule has 0 spiro atoms. The Bertz CT molecular complexity index is 311. The molecule has 0 saturated heterocycles. The van der Waals surface area contributed by atoms with Gasteiger partial charge in [0.25, 0.3) is 0 Å². The molecule has 2 atom stereocenters. The minimum absolute atomic E-state index is 0.0783. The molecule has 2 N–H and O–H groups in total. The van der Waals surface area contributed by atoms with Crippen LogP contribution in [0.4, 0.5) is 0 Å². The molecule has 90 valence electrons. The lowest BCUT2D eigenvalue weighted by atomic mass is 10.2. The van der Waals surface area contributed by atoms with Gasteiger partial charge in [-0.2, -0.15) is 0 Å². The van der Waals surface area contributed by atoms with Gasteiger partial charge in [-0.3, -0.25) is 4.79 Å². The van der Waals surface area contributed by atoms with Crippen molar-refractivity contribution in [2.24, 2.45) is 0 Å². The molecule has 0 fully saturated rings. The number of aromatic amines is 1. The highest BCUT2D eigenvalue weighted by Gasteiger charge is 2.19. The molecule has 0 radical (unpaired) electrons. The van der Waals surface area contributed by atoms with Crippen molar-refractivity contribution in [3.05, 3.63) is 18.2 Å². The Morgan fingerprint density at radius 3 is 2.88 bits per heavy atom. The summed E-state index contributed by atoms with van der Waals surface area (Å²) in [6, 6.07) is -0.0783. The Labute approximate surface area is 95.6 Å². The van der Waals surface area contributed by atoms with E-state index in [-0.39, 0.29) is 11.9 Å². The highest BCUT2D eigenvalue weighted by atomic mass is 16.5. The van der Waals surface area contributed by atoms with Crippen molar-refractivity contribution < 1.29 is 9.53 Å². The van der Waals surface area contributed by atoms with Crippen LogP contribution in [0.15, 0.2) is 12.4 Å². The van der Waals surface area contributed by atoms with Crippen LogP contribution in [0.2, 0.25) is 0 Å². The zero-order valence-electron chi connectivity index (χ0n) is 9.99. The molecule has 0 saturated carbocycles. The van der Waals surface area contributed by atoms with E-state index in [0.29, 0.717) is 6.61 Å². The van der Waals surface area contributed by atoms with Crippen LogP contribution >= 0.6 is 0 Å². The summed E-state index contributed by atoms with van der Waals surface area (Å²) in [6.45, 7) is 6.15. The van der Waals surface area contributed by atoms with Crippen LogP contribution in [0, 0.1) is 0 Å². The van der Waals surface area contributed by atoms with Crippen molar-refractivity contribution in [3.63, 3.8) is 0 Å². The van der Waals surface area contributed by atoms with Gasteiger partial charge in [0.15, 0.2) is 0 Å². The van der Waals surface area contributed by atoms with Gasteiger partial charge in [0.1, 0.15) is 11.9 Å². The van der Waals surface area contributed by atoms with E-state index in [0.717, 1.165) is 12.2 Å². The third-order valence-corrected chi connectivity index (χ3v) is 2.36. The van der Waals surface area contributed by atoms with E-state index in [1.807, 2.05) is 13.8 Å². The molecule has 0 aromatic carbocycles. The zero-order valence-corrected chi connectivity index (χ0v) is 9.99. The summed E-state index contributed by atoms with van der Waals surface area (Å²) in [5.74, 6) is 0.671. The molecule has 5 heteroatoms. The fourth-order valence-electron chi connectivity index (χ4n) is 1.45. The van der Waals surface area contributed by atoms with Gasteiger partial charge in [-0.25, -0.2) is 4.98 Å². The summed E-state index contributed by atoms with van der Waals surface area (Å²) in [7, 11) is 0. The second kappa shape index (κ2) is 6.27. The predicted octanol–water partition coefficient (Wildman–Crippen LogP) is 1.40. The predicted molar refractivity (Wildman–Crippen MR) is 60.9 cm³/mol. The molecule has 1 heterocycles. The van der Waals surface area contributed by atoms with Gasteiger partial charge in [0.2, 0.25) is 5.91 Å². The molecular weight excluding hydrogens is 206 g/mol. The number of hydrogen-bond acceptors (Lipinski definition) is 3. The van der Waals surface area contributed by atoms with E-state index in [1.165, 1.54) is 0 Å². The number of aromatic nitrogens is 2. The lowest BCUT2D eigenvalue weighted by molar-refractivity contribution is -0.132. The van der Waals surface area contributed by atoms with E-state index in [2.05, 4.69) is 15.3 Å². The van der Waals surface area contributed by atoms with Crippen LogP contribution in [0.1, 0.15) is 39.1 Å². The Balaban J connectivity index is 2.54. The van der Waals surface area contributed by atoms with Gasteiger partial charge in [0.05, 0.1) is 6.04 Å². The van der Waals surface area contributed by atoms with Crippen LogP contribution in [-0.4, -0.2) is 28.6 Å². The summed E-state index contributed by atoms with van der Waals surface area (Å²) in [5, 5.41) is 2.90. The summed E-state index contributed by atoms with van der Waals surface area (Å²) >= 11 is 0. The van der Waals surface area contributed by atoms with Crippen LogP contribution < -0.4 is 5.32 Å². The van der Waals surface area contributed by atoms with Crippen LogP contribution in [0.5, 0.6) is 0 Å². The van der Waals surface area contributed by atoms with Crippen LogP contribution in [0.3, 0.4) is 0 Å². The van der Waals surface area contributed by atoms with Crippen LogP contribution in [-0.2, 0) is 9.53 Å². The Hall–Kier alpha value is -1.36. The van der Waals surface area contributed by atoms with E-state index >= 15 is 0 Å². The minimum Gasteiger partial charge on any atom is -0.369 e. The number of imidazole rings is 1. The number of carbonyl (C=O) groups is 1. The minimum atomic E-state index is -0.422. The van der Waals surface area contributed by atoms with Crippen LogP contribution in [0.25, 0.3) is 0 Å². The molecular formula is C11H19N3O2. The molecule has 0 bridgehead atoms. The molecule has 1 aromatic heterocycles. The Morgan fingerprint density at radius 1 is 1.62 bits per heavy atom. The summed E-state index contributed by atoms with van der Waals surface area (Å²) in [6.07, 6.45) is 3.79. The lowest BCUT2D eigenvalue weighted by Crippen LogP contribution is -2.37. The van der Waals surface area contributed by atoms with Gasteiger partial charge >= 0.3 is 0 Å². The van der Waals surface area contributed by atoms with E-state index in [1.54, 1.807) is 19.3 Å². The molecule has 0 aliphatic heterocycles. The van der Waals surface area contributed by atoms with Crippen molar-refractivity contribution in [2.45, 2.75) is 39.3 Å². The third-order valence-electron chi connectivity index (χ3n) is 2.36. The number of carbonyl (C=O) groups excluding carboxylic acids is 1. The first kappa shape index (κ1) is 12.7. The average Bonchev–Trinajstić information content (AvgIpc) is 2.79. The summed E-state index contributed by atoms with van der Waals surface area (Å²) in [4.78, 5) is 18.9. The van der Waals surface area contributed by atoms with Gasteiger partial charge in [-0.15, -0.1) is 0 Å². The molecule has 0 unspecified atom stereocenters. The molecule has 5 nitrogen and oxygen atoms in total. The second-order valence-electron chi connectivity index (χ2n) is 3.54. The standard InChI is InChI=1S/C11H19N3O2/c1-4-9(10-12-6-7-13-10)14-11(15)8(3)16-5-2/h6-9H,4-5H2,1-3H3,(H,12,13)(H,14,15)/t8-,9-/m0/s1. The monoisotopic (exact) mass is 225 g/mol. The van der Waals surface area contributed by atoms with Crippen molar-refractivity contribution >= 4 is 5.91 Å². The van der Waals surface area contributed by atoms with Crippen molar-refractivity contribution in [1.82, 2.24) is 15.3 Å². The van der Waals surface area contributed by atoms with E-state index in [4.69, 9.17) is 4.74 Å². The number of rotatable bonds is 6. The number of nitrogens with zero attached hydrogens (tertiary/aromatic N) is 1. The van der Waals surface area contributed by atoms with Gasteiger partial charge in [0, 0.05) is 19.0 Å². The fraction of sp³-hybridized carbons (Fsp3) is 0.636. The van der Waals surface area contributed by atoms with Crippen molar-refractivity contribution in [2.75, 3.05) is 6.61 Å². The SMILES string of the molecule is CCO[C@@H](C)C(=O)N[C@@H](CC)c1ncc[nH]1. The molecule has 0 aliphatic carbocycles. The van der Waals surface area contributed by atoms with E-state index < -0.39 is 6.10 Å². The fourth-order valence-corrected chi connectivity index (χ4v) is 1.45. The Kier molecular flexibility index (Phi) is 4.98. The van der Waals surface area contributed by atoms with E-state index in [9.17, 15) is 4.79 Å². The third kappa shape index (κ3) is 3.34. The average molecular weight is 225 g/mol.